The molecule has 0 spiro atoms. The van der Waals surface area contributed by atoms with Gasteiger partial charge in [-0.25, -0.2) is 4.39 Å². The van der Waals surface area contributed by atoms with Crippen molar-refractivity contribution in [3.05, 3.63) is 0 Å². The van der Waals surface area contributed by atoms with E-state index in [0.29, 0.717) is 6.54 Å². The quantitative estimate of drug-likeness (QED) is 0.602. The van der Waals surface area contributed by atoms with Crippen LogP contribution in [0.3, 0.4) is 0 Å². The Hall–Kier alpha value is -0.640. The van der Waals surface area contributed by atoms with Gasteiger partial charge in [-0.15, -0.1) is 0 Å². The zero-order valence-corrected chi connectivity index (χ0v) is 8.29. The second-order valence-electron chi connectivity index (χ2n) is 4.14. The Labute approximate surface area is 78.5 Å². The molecule has 0 atom stereocenters. The van der Waals surface area contributed by atoms with Gasteiger partial charge in [-0.3, -0.25) is 9.69 Å². The molecule has 3 nitrogen and oxygen atoms in total. The fraction of sp³-hybridized carbons (Fsp3) is 0.889. The molecule has 1 fully saturated rings. The van der Waals surface area contributed by atoms with E-state index < -0.39 is 5.67 Å². The zero-order valence-electron chi connectivity index (χ0n) is 8.29. The lowest BCUT2D eigenvalue weighted by Gasteiger charge is -2.34. The Kier molecular flexibility index (Phi) is 3.25. The van der Waals surface area contributed by atoms with Crippen LogP contribution in [0, 0.1) is 0 Å². The highest BCUT2D eigenvalue weighted by atomic mass is 19.1. The number of piperazine rings is 1. The van der Waals surface area contributed by atoms with Crippen LogP contribution in [0.4, 0.5) is 4.39 Å². The maximum Gasteiger partial charge on any atom is 0.209 e. The van der Waals surface area contributed by atoms with Gasteiger partial charge in [-0.1, -0.05) is 0 Å². The average molecular weight is 188 g/mol. The number of carbonyl (C=O) groups excluding carboxylic acids is 1. The van der Waals surface area contributed by atoms with Gasteiger partial charge in [0.1, 0.15) is 5.67 Å². The second-order valence-corrected chi connectivity index (χ2v) is 4.14. The summed E-state index contributed by atoms with van der Waals surface area (Å²) in [5.41, 5.74) is -1.14. The van der Waals surface area contributed by atoms with Crippen LogP contribution in [0.5, 0.6) is 0 Å². The van der Waals surface area contributed by atoms with Crippen molar-refractivity contribution in [2.24, 2.45) is 0 Å². The third-order valence-corrected chi connectivity index (χ3v) is 2.16. The molecule has 1 saturated heterocycles. The molecule has 1 aliphatic rings. The van der Waals surface area contributed by atoms with E-state index in [1.807, 2.05) is 0 Å². The number of halogens is 1. The molecule has 1 heterocycles. The zero-order chi connectivity index (χ0) is 9.90. The topological polar surface area (TPSA) is 23.6 Å². The molecule has 0 aromatic carbocycles. The monoisotopic (exact) mass is 188 g/mol. The molecule has 0 bridgehead atoms. The highest BCUT2D eigenvalue weighted by Crippen LogP contribution is 2.12. The minimum atomic E-state index is -1.14. The van der Waals surface area contributed by atoms with Crippen LogP contribution in [-0.2, 0) is 4.79 Å². The van der Waals surface area contributed by atoms with Crippen molar-refractivity contribution in [2.75, 3.05) is 32.7 Å². The van der Waals surface area contributed by atoms with Gasteiger partial charge in [-0.05, 0) is 13.8 Å². The van der Waals surface area contributed by atoms with Gasteiger partial charge in [-0.2, -0.15) is 0 Å². The molecule has 4 heteroatoms. The summed E-state index contributed by atoms with van der Waals surface area (Å²) in [4.78, 5) is 14.2. The summed E-state index contributed by atoms with van der Waals surface area (Å²) in [6, 6.07) is 0. The Morgan fingerprint density at radius 1 is 1.31 bits per heavy atom. The molecule has 0 aromatic rings. The first kappa shape index (κ1) is 10.4. The Bertz CT molecular complexity index is 171. The number of hydrogen-bond donors (Lipinski definition) is 0. The van der Waals surface area contributed by atoms with Crippen LogP contribution in [0.15, 0.2) is 0 Å². The molecule has 0 aliphatic carbocycles. The van der Waals surface area contributed by atoms with E-state index in [1.165, 1.54) is 0 Å². The van der Waals surface area contributed by atoms with E-state index in [2.05, 4.69) is 4.90 Å². The minimum Gasteiger partial charge on any atom is -0.343 e. The van der Waals surface area contributed by atoms with Crippen molar-refractivity contribution in [3.8, 4) is 0 Å². The van der Waals surface area contributed by atoms with E-state index in [9.17, 15) is 9.18 Å². The molecule has 76 valence electrons. The van der Waals surface area contributed by atoms with Crippen molar-refractivity contribution in [3.63, 3.8) is 0 Å². The predicted molar refractivity (Wildman–Crippen MR) is 49.3 cm³/mol. The molecule has 0 aromatic heterocycles. The largest absolute Gasteiger partial charge is 0.343 e. The maximum absolute atomic E-state index is 13.2. The molecular formula is C9H17FN2O. The summed E-state index contributed by atoms with van der Waals surface area (Å²) in [7, 11) is 0. The lowest BCUT2D eigenvalue weighted by Crippen LogP contribution is -2.49. The van der Waals surface area contributed by atoms with Crippen molar-refractivity contribution in [2.45, 2.75) is 19.5 Å². The van der Waals surface area contributed by atoms with Crippen LogP contribution in [-0.4, -0.2) is 54.6 Å². The lowest BCUT2D eigenvalue weighted by atomic mass is 10.1. The number of hydrogen-bond acceptors (Lipinski definition) is 2. The maximum atomic E-state index is 13.2. The highest BCUT2D eigenvalue weighted by molar-refractivity contribution is 5.47. The number of rotatable bonds is 3. The summed E-state index contributed by atoms with van der Waals surface area (Å²) in [5, 5.41) is 0. The van der Waals surface area contributed by atoms with Crippen molar-refractivity contribution in [1.82, 2.24) is 9.80 Å². The van der Waals surface area contributed by atoms with E-state index >= 15 is 0 Å². The van der Waals surface area contributed by atoms with Crippen LogP contribution in [0.25, 0.3) is 0 Å². The van der Waals surface area contributed by atoms with Crippen LogP contribution < -0.4 is 0 Å². The molecule has 1 aliphatic heterocycles. The number of amides is 1. The standard InChI is InChI=1S/C9H17FN2O/c1-9(2,10)7-11-3-5-12(8-13)6-4-11/h8H,3-7H2,1-2H3. The molecule has 0 unspecified atom stereocenters. The van der Waals surface area contributed by atoms with E-state index in [0.717, 1.165) is 32.6 Å². The van der Waals surface area contributed by atoms with Crippen LogP contribution in [0.1, 0.15) is 13.8 Å². The fourth-order valence-electron chi connectivity index (χ4n) is 1.56. The molecule has 1 amide bonds. The SMILES string of the molecule is CC(C)(F)CN1CCN(C=O)CC1. The first-order valence-corrected chi connectivity index (χ1v) is 4.62. The van der Waals surface area contributed by atoms with Crippen molar-refractivity contribution in [1.29, 1.82) is 0 Å². The van der Waals surface area contributed by atoms with Crippen LogP contribution >= 0.6 is 0 Å². The summed E-state index contributed by atoms with van der Waals surface area (Å²) in [5.74, 6) is 0. The number of nitrogens with zero attached hydrogens (tertiary/aromatic N) is 2. The van der Waals surface area contributed by atoms with Crippen LogP contribution in [0.2, 0.25) is 0 Å². The Morgan fingerprint density at radius 2 is 1.85 bits per heavy atom. The third kappa shape index (κ3) is 3.72. The van der Waals surface area contributed by atoms with Gasteiger partial charge in [0.2, 0.25) is 6.41 Å². The Balaban J connectivity index is 2.29. The summed E-state index contributed by atoms with van der Waals surface area (Å²) in [6.45, 7) is 6.63. The normalized spacial score (nSPS) is 20.4. The summed E-state index contributed by atoms with van der Waals surface area (Å²) < 4.78 is 13.2. The van der Waals surface area contributed by atoms with Gasteiger partial charge in [0.25, 0.3) is 0 Å². The summed E-state index contributed by atoms with van der Waals surface area (Å²) >= 11 is 0. The van der Waals surface area contributed by atoms with Gasteiger partial charge >= 0.3 is 0 Å². The van der Waals surface area contributed by atoms with E-state index in [1.54, 1.807) is 18.7 Å². The molecule has 0 N–H and O–H groups in total. The van der Waals surface area contributed by atoms with Crippen molar-refractivity contribution >= 4 is 6.41 Å². The molecular weight excluding hydrogens is 171 g/mol. The molecule has 0 saturated carbocycles. The molecule has 0 radical (unpaired) electrons. The lowest BCUT2D eigenvalue weighted by molar-refractivity contribution is -0.119. The predicted octanol–water partition coefficient (Wildman–Crippen LogP) is 0.508. The average Bonchev–Trinajstić information content (AvgIpc) is 2.03. The number of alkyl halides is 1. The van der Waals surface area contributed by atoms with Crippen molar-refractivity contribution < 1.29 is 9.18 Å². The first-order chi connectivity index (χ1) is 6.01. The van der Waals surface area contributed by atoms with E-state index in [4.69, 9.17) is 0 Å². The highest BCUT2D eigenvalue weighted by Gasteiger charge is 2.23. The minimum absolute atomic E-state index is 0.458. The fourth-order valence-corrected chi connectivity index (χ4v) is 1.56. The Morgan fingerprint density at radius 3 is 2.23 bits per heavy atom. The number of carbonyl (C=O) groups is 1. The summed E-state index contributed by atoms with van der Waals surface area (Å²) in [6.07, 6.45) is 0.859. The smallest absolute Gasteiger partial charge is 0.209 e. The van der Waals surface area contributed by atoms with Gasteiger partial charge in [0, 0.05) is 32.7 Å². The van der Waals surface area contributed by atoms with Gasteiger partial charge in [0.05, 0.1) is 0 Å². The molecule has 1 rings (SSSR count). The van der Waals surface area contributed by atoms with E-state index in [-0.39, 0.29) is 0 Å². The molecule has 13 heavy (non-hydrogen) atoms. The second kappa shape index (κ2) is 4.05. The first-order valence-electron chi connectivity index (χ1n) is 4.62. The third-order valence-electron chi connectivity index (χ3n) is 2.16. The van der Waals surface area contributed by atoms with Gasteiger partial charge in [0.15, 0.2) is 0 Å². The van der Waals surface area contributed by atoms with Gasteiger partial charge < -0.3 is 4.90 Å².